The highest BCUT2D eigenvalue weighted by Gasteiger charge is 2.64. The highest BCUT2D eigenvalue weighted by atomic mass is 32.2. The number of sulfonamides is 1. The second kappa shape index (κ2) is 11.3. The number of aromatic nitrogens is 1. The van der Waals surface area contributed by atoms with E-state index in [0.29, 0.717) is 18.4 Å². The first-order valence-electron chi connectivity index (χ1n) is 12.1. The first-order chi connectivity index (χ1) is 18.1. The summed E-state index contributed by atoms with van der Waals surface area (Å²) >= 11 is 0. The van der Waals surface area contributed by atoms with Crippen LogP contribution < -0.4 is 21.5 Å². The lowest BCUT2D eigenvalue weighted by atomic mass is 10.1. The maximum atomic E-state index is 12.9. The van der Waals surface area contributed by atoms with Crippen molar-refractivity contribution in [1.29, 1.82) is 0 Å². The van der Waals surface area contributed by atoms with Gasteiger partial charge in [0.15, 0.2) is 0 Å². The molecule has 200 valence electrons. The first-order valence-corrected chi connectivity index (χ1v) is 13.6. The van der Waals surface area contributed by atoms with Gasteiger partial charge in [0.25, 0.3) is 26.9 Å². The topological polar surface area (TPSA) is 187 Å². The fourth-order valence-corrected chi connectivity index (χ4v) is 5.38. The van der Waals surface area contributed by atoms with Crippen LogP contribution in [-0.4, -0.2) is 48.3 Å². The fraction of sp³-hybridized carbons (Fsp3) is 0.308. The van der Waals surface area contributed by atoms with Gasteiger partial charge >= 0.3 is 0 Å². The molecular weight excluding hydrogens is 510 g/mol. The number of amides is 3. The molecule has 2 aromatic carbocycles. The van der Waals surface area contributed by atoms with Gasteiger partial charge in [-0.05, 0) is 37.0 Å². The molecule has 4 rings (SSSR count). The summed E-state index contributed by atoms with van der Waals surface area (Å²) in [7, 11) is -4.50. The lowest BCUT2D eigenvalue weighted by Gasteiger charge is -2.18. The number of hydrogen-bond acceptors (Lipinski definition) is 8. The summed E-state index contributed by atoms with van der Waals surface area (Å²) in [5.74, 6) is -2.87. The Kier molecular flexibility index (Phi) is 8.05. The molecular formula is C26H29N5O6S. The number of rotatable bonds is 12. The molecule has 0 radical (unpaired) electrons. The Morgan fingerprint density at radius 3 is 2.45 bits per heavy atom. The number of hydrogen-bond donors (Lipinski definition) is 4. The second-order valence-electron chi connectivity index (χ2n) is 9.11. The van der Waals surface area contributed by atoms with E-state index in [1.807, 2.05) is 47.2 Å². The molecule has 1 aliphatic rings. The third-order valence-electron chi connectivity index (χ3n) is 6.26. The Morgan fingerprint density at radius 2 is 1.71 bits per heavy atom. The van der Waals surface area contributed by atoms with Crippen LogP contribution in [0.1, 0.15) is 41.7 Å². The summed E-state index contributed by atoms with van der Waals surface area (Å²) < 4.78 is 32.8. The van der Waals surface area contributed by atoms with Crippen LogP contribution in [0.5, 0.6) is 0 Å². The van der Waals surface area contributed by atoms with Gasteiger partial charge in [0.2, 0.25) is 5.91 Å². The lowest BCUT2D eigenvalue weighted by Crippen LogP contribution is -2.54. The Balaban J connectivity index is 1.35. The summed E-state index contributed by atoms with van der Waals surface area (Å²) in [5.41, 5.74) is 12.9. The number of fused-ring (bicyclic) bond motifs is 1. The molecule has 1 aromatic heterocycles. The van der Waals surface area contributed by atoms with Crippen LogP contribution in [0, 0.1) is 0 Å². The molecule has 0 saturated carbocycles. The molecule has 1 fully saturated rings. The minimum Gasteiger partial charge on any atom is -0.370 e. The highest BCUT2D eigenvalue weighted by Crippen LogP contribution is 2.39. The molecule has 3 amide bonds. The minimum absolute atomic E-state index is 0.0229. The normalized spacial score (nSPS) is 19.4. The summed E-state index contributed by atoms with van der Waals surface area (Å²) in [6.07, 6.45) is 1.25. The quantitative estimate of drug-likeness (QED) is 0.194. The Hall–Kier alpha value is -3.87. The number of epoxide rings is 1. The van der Waals surface area contributed by atoms with E-state index >= 15 is 0 Å². The Labute approximate surface area is 220 Å². The van der Waals surface area contributed by atoms with E-state index in [1.54, 1.807) is 18.2 Å². The predicted octanol–water partition coefficient (Wildman–Crippen LogP) is 1.08. The van der Waals surface area contributed by atoms with Gasteiger partial charge in [0.05, 0.1) is 11.9 Å². The van der Waals surface area contributed by atoms with Crippen molar-refractivity contribution in [3.8, 4) is 0 Å². The number of carbonyl (C=O) groups excluding carboxylic acids is 3. The van der Waals surface area contributed by atoms with Gasteiger partial charge in [0.1, 0.15) is 17.8 Å². The zero-order valence-electron chi connectivity index (χ0n) is 20.5. The van der Waals surface area contributed by atoms with E-state index in [1.165, 1.54) is 11.6 Å². The number of carbonyl (C=O) groups is 3. The van der Waals surface area contributed by atoms with Crippen molar-refractivity contribution in [3.63, 3.8) is 0 Å². The van der Waals surface area contributed by atoms with Crippen molar-refractivity contribution in [2.75, 3.05) is 0 Å². The monoisotopic (exact) mass is 539 g/mol. The van der Waals surface area contributed by atoms with Gasteiger partial charge in [-0.1, -0.05) is 61.0 Å². The number of aryl methyl sites for hydroxylation is 1. The average molecular weight is 540 g/mol. The molecule has 0 spiro atoms. The molecule has 3 aromatic rings. The summed E-state index contributed by atoms with van der Waals surface area (Å²) in [6, 6.07) is 18.5. The zero-order chi connectivity index (χ0) is 27.3. The SMILES string of the molecule is NC(=O)C[C@H](NC(=O)c1ccc2ccccc2n1)C(=O)NS(=O)(=O)C1(N)OC1CCCCc1ccccc1. The number of nitrogens with one attached hydrogen (secondary N) is 2. The molecule has 1 aliphatic heterocycles. The lowest BCUT2D eigenvalue weighted by molar-refractivity contribution is -0.125. The molecule has 0 bridgehead atoms. The maximum Gasteiger partial charge on any atom is 0.282 e. The van der Waals surface area contributed by atoms with Gasteiger partial charge in [-0.3, -0.25) is 20.1 Å². The molecule has 12 heteroatoms. The molecule has 0 aliphatic carbocycles. The van der Waals surface area contributed by atoms with Crippen molar-refractivity contribution in [2.45, 2.75) is 49.3 Å². The van der Waals surface area contributed by atoms with Gasteiger partial charge in [-0.2, -0.15) is 0 Å². The van der Waals surface area contributed by atoms with E-state index in [0.717, 1.165) is 18.2 Å². The van der Waals surface area contributed by atoms with E-state index in [9.17, 15) is 22.8 Å². The van der Waals surface area contributed by atoms with Crippen molar-refractivity contribution < 1.29 is 27.5 Å². The standard InChI is InChI=1S/C26H29N5O6S/c27-23(32)16-21(30-24(33)20-15-14-18-11-5-6-12-19(18)29-20)25(34)31-38(35,36)26(28)22(37-26)13-7-4-10-17-8-2-1-3-9-17/h1-3,5-6,8-9,11-12,14-15,21-22H,4,7,10,13,16,28H2,(H2,27,32)(H,30,33)(H,31,34)/t21-,22?,26?/m0/s1. The van der Waals surface area contributed by atoms with Crippen LogP contribution in [0.4, 0.5) is 0 Å². The predicted molar refractivity (Wildman–Crippen MR) is 140 cm³/mol. The maximum absolute atomic E-state index is 12.9. The number of nitrogens with zero attached hydrogens (tertiary/aromatic N) is 1. The number of pyridine rings is 1. The van der Waals surface area contributed by atoms with Gasteiger partial charge in [-0.15, -0.1) is 0 Å². The number of para-hydroxylation sites is 1. The van der Waals surface area contributed by atoms with E-state index < -0.39 is 51.4 Å². The molecule has 6 N–H and O–H groups in total. The largest absolute Gasteiger partial charge is 0.370 e. The molecule has 2 unspecified atom stereocenters. The van der Waals surface area contributed by atoms with Crippen LogP contribution in [0.15, 0.2) is 66.7 Å². The number of unbranched alkanes of at least 4 members (excludes halogenated alkanes) is 1. The minimum atomic E-state index is -4.50. The third kappa shape index (κ3) is 6.33. The zero-order valence-corrected chi connectivity index (χ0v) is 21.3. The fourth-order valence-electron chi connectivity index (χ4n) is 4.11. The molecule has 11 nitrogen and oxygen atoms in total. The molecule has 2 heterocycles. The van der Waals surface area contributed by atoms with Crippen molar-refractivity contribution in [3.05, 3.63) is 78.0 Å². The Morgan fingerprint density at radius 1 is 1.00 bits per heavy atom. The van der Waals surface area contributed by atoms with Crippen molar-refractivity contribution >= 4 is 38.6 Å². The van der Waals surface area contributed by atoms with Crippen LogP contribution >= 0.6 is 0 Å². The molecule has 3 atom stereocenters. The third-order valence-corrected chi connectivity index (χ3v) is 7.92. The van der Waals surface area contributed by atoms with E-state index in [-0.39, 0.29) is 5.69 Å². The summed E-state index contributed by atoms with van der Waals surface area (Å²) in [5, 5.41) is 1.04. The van der Waals surface area contributed by atoms with Gasteiger partial charge in [0, 0.05) is 5.39 Å². The number of benzene rings is 2. The number of primary amides is 1. The Bertz CT molecular complexity index is 1450. The van der Waals surface area contributed by atoms with Crippen LogP contribution in [-0.2, 0) is 30.8 Å². The number of nitrogens with two attached hydrogens (primary N) is 2. The van der Waals surface area contributed by atoms with Crippen LogP contribution in [0.2, 0.25) is 0 Å². The molecule has 1 saturated heterocycles. The van der Waals surface area contributed by atoms with E-state index in [4.69, 9.17) is 16.2 Å². The smallest absolute Gasteiger partial charge is 0.282 e. The van der Waals surface area contributed by atoms with Gasteiger partial charge in [-0.25, -0.2) is 18.1 Å². The number of ether oxygens (including phenoxy) is 1. The molecule has 38 heavy (non-hydrogen) atoms. The second-order valence-corrected chi connectivity index (χ2v) is 11.0. The van der Waals surface area contributed by atoms with E-state index in [2.05, 4.69) is 10.3 Å². The van der Waals surface area contributed by atoms with Gasteiger partial charge < -0.3 is 15.8 Å². The van der Waals surface area contributed by atoms with Crippen molar-refractivity contribution in [2.24, 2.45) is 11.5 Å². The van der Waals surface area contributed by atoms with Crippen LogP contribution in [0.25, 0.3) is 10.9 Å². The highest BCUT2D eigenvalue weighted by molar-refractivity contribution is 7.91. The van der Waals surface area contributed by atoms with Crippen LogP contribution in [0.3, 0.4) is 0 Å². The summed E-state index contributed by atoms with van der Waals surface area (Å²) in [6.45, 7) is 0. The van der Waals surface area contributed by atoms with Crippen molar-refractivity contribution in [1.82, 2.24) is 15.0 Å². The average Bonchev–Trinajstić information content (AvgIpc) is 3.57. The summed E-state index contributed by atoms with van der Waals surface area (Å²) in [4.78, 5) is 41.4. The first kappa shape index (κ1) is 27.2.